The number of nitrogens with zero attached hydrogens (tertiary/aromatic N) is 1. The van der Waals surface area contributed by atoms with Gasteiger partial charge in [0.25, 0.3) is 11.7 Å². The molecule has 5 heteroatoms. The highest BCUT2D eigenvalue weighted by Gasteiger charge is 2.46. The monoisotopic (exact) mass is 377 g/mol. The number of hydrogen-bond donors (Lipinski definition) is 1. The van der Waals surface area contributed by atoms with E-state index in [4.69, 9.17) is 4.74 Å². The van der Waals surface area contributed by atoms with Gasteiger partial charge in [-0.05, 0) is 25.3 Å². The van der Waals surface area contributed by atoms with Gasteiger partial charge in [-0.1, -0.05) is 60.2 Å². The molecule has 2 fully saturated rings. The van der Waals surface area contributed by atoms with Crippen molar-refractivity contribution in [2.24, 2.45) is 0 Å². The van der Waals surface area contributed by atoms with Crippen LogP contribution in [0.25, 0.3) is 5.76 Å². The lowest BCUT2D eigenvalue weighted by atomic mass is 9.94. The van der Waals surface area contributed by atoms with Gasteiger partial charge in [0.05, 0.1) is 17.7 Å². The fourth-order valence-electron chi connectivity index (χ4n) is 3.92. The van der Waals surface area contributed by atoms with Crippen molar-refractivity contribution < 1.29 is 19.4 Å². The molecule has 5 nitrogen and oxygen atoms in total. The zero-order valence-corrected chi connectivity index (χ0v) is 15.8. The third-order valence-corrected chi connectivity index (χ3v) is 5.40. The Balaban J connectivity index is 1.81. The fourth-order valence-corrected chi connectivity index (χ4v) is 3.92. The first-order chi connectivity index (χ1) is 13.6. The minimum Gasteiger partial charge on any atom is -0.507 e. The van der Waals surface area contributed by atoms with Gasteiger partial charge in [-0.2, -0.15) is 0 Å². The first-order valence-electron chi connectivity index (χ1n) is 9.58. The molecule has 144 valence electrons. The van der Waals surface area contributed by atoms with E-state index in [1.165, 1.54) is 0 Å². The predicted octanol–water partition coefficient (Wildman–Crippen LogP) is 3.60. The third kappa shape index (κ3) is 3.34. The van der Waals surface area contributed by atoms with Gasteiger partial charge in [0.1, 0.15) is 5.76 Å². The molecule has 28 heavy (non-hydrogen) atoms. The van der Waals surface area contributed by atoms with Gasteiger partial charge >= 0.3 is 0 Å². The van der Waals surface area contributed by atoms with Crippen LogP contribution in [0.4, 0.5) is 0 Å². The Labute approximate surface area is 164 Å². The van der Waals surface area contributed by atoms with Crippen molar-refractivity contribution >= 4 is 17.4 Å². The van der Waals surface area contributed by atoms with Gasteiger partial charge in [0.2, 0.25) is 0 Å². The van der Waals surface area contributed by atoms with E-state index in [-0.39, 0.29) is 17.4 Å². The maximum absolute atomic E-state index is 12.9. The highest BCUT2D eigenvalue weighted by Crippen LogP contribution is 2.40. The normalized spacial score (nSPS) is 24.1. The summed E-state index contributed by atoms with van der Waals surface area (Å²) in [6.07, 6.45) is 1.73. The standard InChI is InChI=1S/C23H23NO4/c1-15-9-11-16(12-10-15)20-19(21(25)17-6-3-2-4-7-17)22(26)23(27)24(20)14-18-8-5-13-28-18/h2-4,6-7,9-12,18,20,25H,5,8,13-14H2,1H3/b21-19+. The van der Waals surface area contributed by atoms with Gasteiger partial charge in [-0.15, -0.1) is 0 Å². The second-order valence-electron chi connectivity index (χ2n) is 7.36. The smallest absolute Gasteiger partial charge is 0.295 e. The molecule has 0 spiro atoms. The Bertz CT molecular complexity index is 911. The Morgan fingerprint density at radius 2 is 1.82 bits per heavy atom. The maximum atomic E-state index is 12.9. The van der Waals surface area contributed by atoms with E-state index in [2.05, 4.69) is 0 Å². The summed E-state index contributed by atoms with van der Waals surface area (Å²) in [7, 11) is 0. The first-order valence-corrected chi connectivity index (χ1v) is 9.58. The number of Topliss-reactive ketones (excluding diaryl/α,β-unsaturated/α-hetero) is 1. The van der Waals surface area contributed by atoms with E-state index in [1.54, 1.807) is 29.2 Å². The second-order valence-corrected chi connectivity index (χ2v) is 7.36. The summed E-state index contributed by atoms with van der Waals surface area (Å²) in [5, 5.41) is 10.9. The number of aryl methyl sites for hydroxylation is 1. The van der Waals surface area contributed by atoms with E-state index in [9.17, 15) is 14.7 Å². The first kappa shape index (κ1) is 18.4. The number of carbonyl (C=O) groups is 2. The van der Waals surface area contributed by atoms with Crippen LogP contribution in [0, 0.1) is 6.92 Å². The predicted molar refractivity (Wildman–Crippen MR) is 106 cm³/mol. The molecule has 2 heterocycles. The third-order valence-electron chi connectivity index (χ3n) is 5.40. The molecular formula is C23H23NO4. The molecule has 2 aliphatic heterocycles. The summed E-state index contributed by atoms with van der Waals surface area (Å²) in [6.45, 7) is 3.00. The molecule has 2 aliphatic rings. The molecule has 2 aromatic rings. The molecule has 2 atom stereocenters. The van der Waals surface area contributed by atoms with Crippen molar-refractivity contribution in [2.45, 2.75) is 31.9 Å². The zero-order chi connectivity index (χ0) is 19.7. The molecule has 2 aromatic carbocycles. The van der Waals surface area contributed by atoms with E-state index in [0.717, 1.165) is 24.0 Å². The van der Waals surface area contributed by atoms with Gasteiger partial charge in [-0.3, -0.25) is 9.59 Å². The highest BCUT2D eigenvalue weighted by molar-refractivity contribution is 6.46. The molecule has 1 amide bonds. The number of aliphatic hydroxyl groups is 1. The summed E-state index contributed by atoms with van der Waals surface area (Å²) in [4.78, 5) is 27.3. The minimum absolute atomic E-state index is 0.0806. The quantitative estimate of drug-likeness (QED) is 0.502. The van der Waals surface area contributed by atoms with Gasteiger partial charge in [-0.25, -0.2) is 0 Å². The Hall–Kier alpha value is -2.92. The second kappa shape index (κ2) is 7.60. The van der Waals surface area contributed by atoms with Crippen LogP contribution in [0.5, 0.6) is 0 Å². The van der Waals surface area contributed by atoms with Crippen molar-refractivity contribution in [3.05, 3.63) is 76.9 Å². The highest BCUT2D eigenvalue weighted by atomic mass is 16.5. The molecule has 4 rings (SSSR count). The number of likely N-dealkylation sites (tertiary alicyclic amines) is 1. The van der Waals surface area contributed by atoms with Crippen LogP contribution < -0.4 is 0 Å². The van der Waals surface area contributed by atoms with Crippen LogP contribution in [0.15, 0.2) is 60.2 Å². The van der Waals surface area contributed by atoms with Gasteiger partial charge < -0.3 is 14.7 Å². The van der Waals surface area contributed by atoms with E-state index in [1.807, 2.05) is 37.3 Å². The van der Waals surface area contributed by atoms with Crippen LogP contribution in [0.2, 0.25) is 0 Å². The number of ether oxygens (including phenoxy) is 1. The van der Waals surface area contributed by atoms with Crippen LogP contribution in [0.1, 0.15) is 35.6 Å². The van der Waals surface area contributed by atoms with E-state index < -0.39 is 17.7 Å². The molecule has 0 aromatic heterocycles. The van der Waals surface area contributed by atoms with Crippen molar-refractivity contribution in [2.75, 3.05) is 13.2 Å². The van der Waals surface area contributed by atoms with Crippen molar-refractivity contribution in [1.82, 2.24) is 4.90 Å². The van der Waals surface area contributed by atoms with Crippen LogP contribution in [-0.2, 0) is 14.3 Å². The number of amides is 1. The van der Waals surface area contributed by atoms with Crippen molar-refractivity contribution in [3.63, 3.8) is 0 Å². The molecule has 2 unspecified atom stereocenters. The van der Waals surface area contributed by atoms with Gasteiger partial charge in [0.15, 0.2) is 0 Å². The lowest BCUT2D eigenvalue weighted by molar-refractivity contribution is -0.140. The molecule has 2 saturated heterocycles. The Kier molecular flexibility index (Phi) is 5.01. The lowest BCUT2D eigenvalue weighted by Gasteiger charge is -2.27. The maximum Gasteiger partial charge on any atom is 0.295 e. The molecule has 0 bridgehead atoms. The van der Waals surface area contributed by atoms with E-state index in [0.29, 0.717) is 18.7 Å². The number of rotatable bonds is 4. The number of aliphatic hydroxyl groups excluding tert-OH is 1. The molecule has 0 aliphatic carbocycles. The Morgan fingerprint density at radius 3 is 2.46 bits per heavy atom. The number of ketones is 1. The summed E-state index contributed by atoms with van der Waals surface area (Å²) in [6, 6.07) is 16.0. The van der Waals surface area contributed by atoms with Crippen LogP contribution in [-0.4, -0.2) is 41.0 Å². The zero-order valence-electron chi connectivity index (χ0n) is 15.8. The SMILES string of the molecule is Cc1ccc(C2/C(=C(\O)c3ccccc3)C(=O)C(=O)N2CC2CCCO2)cc1. The number of hydrogen-bond acceptors (Lipinski definition) is 4. The van der Waals surface area contributed by atoms with Crippen molar-refractivity contribution in [3.8, 4) is 0 Å². The van der Waals surface area contributed by atoms with Gasteiger partial charge in [0, 0.05) is 18.7 Å². The number of carbonyl (C=O) groups excluding carboxylic acids is 2. The lowest BCUT2D eigenvalue weighted by Crippen LogP contribution is -2.36. The number of benzene rings is 2. The van der Waals surface area contributed by atoms with Crippen LogP contribution >= 0.6 is 0 Å². The van der Waals surface area contributed by atoms with Crippen molar-refractivity contribution in [1.29, 1.82) is 0 Å². The topological polar surface area (TPSA) is 66.8 Å². The average Bonchev–Trinajstić information content (AvgIpc) is 3.31. The average molecular weight is 377 g/mol. The Morgan fingerprint density at radius 1 is 1.11 bits per heavy atom. The summed E-state index contributed by atoms with van der Waals surface area (Å²) >= 11 is 0. The summed E-state index contributed by atoms with van der Waals surface area (Å²) in [5.41, 5.74) is 2.55. The summed E-state index contributed by atoms with van der Waals surface area (Å²) < 4.78 is 5.70. The summed E-state index contributed by atoms with van der Waals surface area (Å²) in [5.74, 6) is -1.37. The van der Waals surface area contributed by atoms with E-state index >= 15 is 0 Å². The van der Waals surface area contributed by atoms with Crippen LogP contribution in [0.3, 0.4) is 0 Å². The fraction of sp³-hybridized carbons (Fsp3) is 0.304. The minimum atomic E-state index is -0.648. The molecule has 0 radical (unpaired) electrons. The molecule has 1 N–H and O–H groups in total. The molecule has 0 saturated carbocycles. The molecular weight excluding hydrogens is 354 g/mol. The largest absolute Gasteiger partial charge is 0.507 e.